The maximum absolute atomic E-state index is 13.2. The van der Waals surface area contributed by atoms with E-state index >= 15 is 0 Å². The van der Waals surface area contributed by atoms with E-state index in [-0.39, 0.29) is 5.91 Å². The van der Waals surface area contributed by atoms with Gasteiger partial charge in [-0.3, -0.25) is 14.8 Å². The smallest absolute Gasteiger partial charge is 0.267 e. The molecule has 2 amide bonds. The van der Waals surface area contributed by atoms with Crippen molar-refractivity contribution >= 4 is 35.2 Å². The summed E-state index contributed by atoms with van der Waals surface area (Å²) in [4.78, 5) is 24.4. The Morgan fingerprint density at radius 1 is 0.912 bits per heavy atom. The molecule has 0 atom stereocenters. The predicted molar refractivity (Wildman–Crippen MR) is 133 cm³/mol. The number of benzene rings is 3. The first-order valence-electron chi connectivity index (χ1n) is 11.1. The zero-order valence-corrected chi connectivity index (χ0v) is 18.6. The zero-order valence-electron chi connectivity index (χ0n) is 18.6. The maximum Gasteiger partial charge on any atom is 0.267 e. The van der Waals surface area contributed by atoms with Gasteiger partial charge in [0.2, 0.25) is 0 Å². The second-order valence-electron chi connectivity index (χ2n) is 8.13. The summed E-state index contributed by atoms with van der Waals surface area (Å²) in [5.41, 5.74) is 5.17. The molecule has 1 aliphatic rings. The molecule has 1 fully saturated rings. The fourth-order valence-electron chi connectivity index (χ4n) is 3.31. The first-order chi connectivity index (χ1) is 16.6. The highest BCUT2D eigenvalue weighted by Gasteiger charge is 2.22. The summed E-state index contributed by atoms with van der Waals surface area (Å²) >= 11 is 0. The van der Waals surface area contributed by atoms with Gasteiger partial charge in [0.25, 0.3) is 11.8 Å². The summed E-state index contributed by atoms with van der Waals surface area (Å²) in [5.74, 6) is 0.638. The van der Waals surface area contributed by atoms with Crippen LogP contribution in [0.2, 0.25) is 0 Å². The van der Waals surface area contributed by atoms with Gasteiger partial charge in [-0.2, -0.15) is 0 Å². The van der Waals surface area contributed by atoms with E-state index in [0.717, 1.165) is 29.0 Å². The lowest BCUT2D eigenvalue weighted by Gasteiger charge is -2.11. The lowest BCUT2D eigenvalue weighted by molar-refractivity contribution is -0.124. The highest BCUT2D eigenvalue weighted by Crippen LogP contribution is 2.30. The monoisotopic (exact) mass is 454 g/mol. The van der Waals surface area contributed by atoms with Gasteiger partial charge in [0, 0.05) is 17.3 Å². The number of hydrogen-bond acceptors (Lipinski definition) is 4. The molecule has 0 bridgehead atoms. The SMILES string of the molecule is O=C(C=Cc1ccc(C=C(C(=O)Nc2ccccc2)c2ccc(OCC3CC3)cc2)cc1)NO. The Kier molecular flexibility index (Phi) is 7.53. The summed E-state index contributed by atoms with van der Waals surface area (Å²) < 4.78 is 5.83. The first-order valence-corrected chi connectivity index (χ1v) is 11.1. The van der Waals surface area contributed by atoms with Crippen LogP contribution in [0.5, 0.6) is 5.75 Å². The molecule has 6 heteroatoms. The van der Waals surface area contributed by atoms with Gasteiger partial charge < -0.3 is 10.1 Å². The quantitative estimate of drug-likeness (QED) is 0.180. The van der Waals surface area contributed by atoms with Gasteiger partial charge in [-0.15, -0.1) is 0 Å². The molecule has 0 aliphatic heterocycles. The van der Waals surface area contributed by atoms with Crippen molar-refractivity contribution in [3.05, 3.63) is 102 Å². The molecular weight excluding hydrogens is 428 g/mol. The fourth-order valence-corrected chi connectivity index (χ4v) is 3.31. The lowest BCUT2D eigenvalue weighted by atomic mass is 10.0. The molecule has 4 rings (SSSR count). The minimum Gasteiger partial charge on any atom is -0.493 e. The van der Waals surface area contributed by atoms with Crippen LogP contribution in [0.25, 0.3) is 17.7 Å². The summed E-state index contributed by atoms with van der Waals surface area (Å²) in [7, 11) is 0. The van der Waals surface area contributed by atoms with Crippen LogP contribution >= 0.6 is 0 Å². The van der Waals surface area contributed by atoms with Crippen LogP contribution in [-0.4, -0.2) is 23.6 Å². The van der Waals surface area contributed by atoms with Crippen LogP contribution < -0.4 is 15.5 Å². The molecule has 0 heterocycles. The predicted octanol–water partition coefficient (Wildman–Crippen LogP) is 5.17. The van der Waals surface area contributed by atoms with E-state index in [1.165, 1.54) is 18.9 Å². The molecule has 3 aromatic carbocycles. The summed E-state index contributed by atoms with van der Waals surface area (Å²) in [6.07, 6.45) is 7.10. The van der Waals surface area contributed by atoms with Crippen molar-refractivity contribution in [2.75, 3.05) is 11.9 Å². The Balaban J connectivity index is 1.57. The first kappa shape index (κ1) is 23.0. The second kappa shape index (κ2) is 11.1. The Morgan fingerprint density at radius 2 is 1.59 bits per heavy atom. The van der Waals surface area contributed by atoms with E-state index in [4.69, 9.17) is 9.94 Å². The molecule has 1 aliphatic carbocycles. The average molecular weight is 455 g/mol. The highest BCUT2D eigenvalue weighted by molar-refractivity contribution is 6.29. The van der Waals surface area contributed by atoms with Crippen LogP contribution in [0.15, 0.2) is 84.9 Å². The number of rotatable bonds is 9. The van der Waals surface area contributed by atoms with Crippen molar-refractivity contribution in [2.45, 2.75) is 12.8 Å². The van der Waals surface area contributed by atoms with Crippen molar-refractivity contribution < 1.29 is 19.5 Å². The summed E-state index contributed by atoms with van der Waals surface area (Å²) in [6, 6.07) is 24.3. The molecular formula is C28H26N2O4. The molecule has 1 saturated carbocycles. The fraction of sp³-hybridized carbons (Fsp3) is 0.143. The van der Waals surface area contributed by atoms with Crippen molar-refractivity contribution in [3.8, 4) is 5.75 Å². The van der Waals surface area contributed by atoms with Gasteiger partial charge in [-0.05, 0) is 71.9 Å². The minimum absolute atomic E-state index is 0.221. The van der Waals surface area contributed by atoms with E-state index in [0.29, 0.717) is 17.2 Å². The van der Waals surface area contributed by atoms with E-state index in [2.05, 4.69) is 5.32 Å². The molecule has 0 spiro atoms. The number of hydroxylamine groups is 1. The highest BCUT2D eigenvalue weighted by atomic mass is 16.5. The largest absolute Gasteiger partial charge is 0.493 e. The van der Waals surface area contributed by atoms with Gasteiger partial charge >= 0.3 is 0 Å². The van der Waals surface area contributed by atoms with Gasteiger partial charge in [-0.25, -0.2) is 5.48 Å². The van der Waals surface area contributed by atoms with Crippen molar-refractivity contribution in [2.24, 2.45) is 5.92 Å². The lowest BCUT2D eigenvalue weighted by Crippen LogP contribution is -2.14. The third kappa shape index (κ3) is 6.67. The molecule has 0 unspecified atom stereocenters. The van der Waals surface area contributed by atoms with Gasteiger partial charge in [0.05, 0.1) is 6.61 Å². The number of carbonyl (C=O) groups is 2. The van der Waals surface area contributed by atoms with Crippen molar-refractivity contribution in [3.63, 3.8) is 0 Å². The standard InChI is InChI=1S/C28H26N2O4/c31-27(30-33)17-12-20-6-8-21(9-7-20)18-26(28(32)29-24-4-2-1-3-5-24)23-13-15-25(16-14-23)34-19-22-10-11-22/h1-9,12-18,22,33H,10-11,19H2,(H,29,32)(H,30,31). The second-order valence-corrected chi connectivity index (χ2v) is 8.13. The molecule has 34 heavy (non-hydrogen) atoms. The number of ether oxygens (including phenoxy) is 1. The molecule has 3 N–H and O–H groups in total. The van der Waals surface area contributed by atoms with Crippen LogP contribution in [0.3, 0.4) is 0 Å². The topological polar surface area (TPSA) is 87.7 Å². The molecule has 172 valence electrons. The maximum atomic E-state index is 13.2. The number of amides is 2. The number of para-hydroxylation sites is 1. The van der Waals surface area contributed by atoms with Gasteiger partial charge in [-0.1, -0.05) is 54.6 Å². The normalized spacial score (nSPS) is 13.5. The van der Waals surface area contributed by atoms with Crippen LogP contribution in [0.1, 0.15) is 29.5 Å². The Bertz CT molecular complexity index is 1180. The number of nitrogens with one attached hydrogen (secondary N) is 2. The molecule has 0 radical (unpaired) electrons. The van der Waals surface area contributed by atoms with Crippen molar-refractivity contribution in [1.29, 1.82) is 0 Å². The summed E-state index contributed by atoms with van der Waals surface area (Å²) in [5, 5.41) is 11.5. The Morgan fingerprint density at radius 3 is 2.24 bits per heavy atom. The van der Waals surface area contributed by atoms with E-state index in [1.54, 1.807) is 11.6 Å². The Hall–Kier alpha value is -4.16. The van der Waals surface area contributed by atoms with Crippen LogP contribution in [0, 0.1) is 5.92 Å². The van der Waals surface area contributed by atoms with Gasteiger partial charge in [0.15, 0.2) is 0 Å². The van der Waals surface area contributed by atoms with E-state index < -0.39 is 5.91 Å². The number of carbonyl (C=O) groups excluding carboxylic acids is 2. The van der Waals surface area contributed by atoms with Crippen LogP contribution in [0.4, 0.5) is 5.69 Å². The van der Waals surface area contributed by atoms with Gasteiger partial charge in [0.1, 0.15) is 5.75 Å². The van der Waals surface area contributed by atoms with E-state index in [9.17, 15) is 9.59 Å². The van der Waals surface area contributed by atoms with Crippen LogP contribution in [-0.2, 0) is 9.59 Å². The Labute approximate surface area is 198 Å². The molecule has 3 aromatic rings. The molecule has 0 saturated heterocycles. The molecule has 6 nitrogen and oxygen atoms in total. The number of anilines is 1. The minimum atomic E-state index is -0.603. The molecule has 0 aromatic heterocycles. The third-order valence-electron chi connectivity index (χ3n) is 5.41. The number of hydrogen-bond donors (Lipinski definition) is 3. The average Bonchev–Trinajstić information content (AvgIpc) is 3.71. The van der Waals surface area contributed by atoms with Crippen molar-refractivity contribution in [1.82, 2.24) is 5.48 Å². The zero-order chi connectivity index (χ0) is 23.8. The summed E-state index contributed by atoms with van der Waals surface area (Å²) in [6.45, 7) is 0.733. The van der Waals surface area contributed by atoms with E-state index in [1.807, 2.05) is 84.9 Å². The third-order valence-corrected chi connectivity index (χ3v) is 5.41.